The largest absolute Gasteiger partial charge is 0.404 e. The van der Waals surface area contributed by atoms with Gasteiger partial charge >= 0.3 is 0 Å². The van der Waals surface area contributed by atoms with Gasteiger partial charge in [0.2, 0.25) is 11.9 Å². The van der Waals surface area contributed by atoms with E-state index in [-0.39, 0.29) is 34.7 Å². The first-order valence-corrected chi connectivity index (χ1v) is 20.5. The Labute approximate surface area is 340 Å². The van der Waals surface area contributed by atoms with Gasteiger partial charge in [0.15, 0.2) is 5.82 Å². The van der Waals surface area contributed by atoms with Gasteiger partial charge < -0.3 is 30.7 Å². The lowest BCUT2D eigenvalue weighted by Gasteiger charge is -2.57. The number of anilines is 3. The van der Waals surface area contributed by atoms with Crippen LogP contribution in [0.1, 0.15) is 92.2 Å². The van der Waals surface area contributed by atoms with Gasteiger partial charge in [0.25, 0.3) is 5.91 Å². The van der Waals surface area contributed by atoms with E-state index in [1.54, 1.807) is 38.8 Å². The summed E-state index contributed by atoms with van der Waals surface area (Å²) >= 11 is 0. The maximum Gasteiger partial charge on any atom is 0.254 e. The predicted octanol–water partition coefficient (Wildman–Crippen LogP) is 4.58. The minimum atomic E-state index is -0.112. The van der Waals surface area contributed by atoms with Crippen molar-refractivity contribution in [2.45, 2.75) is 92.0 Å². The third kappa shape index (κ3) is 7.71. The number of benzene rings is 1. The number of carbonyl (C=O) groups excluding carboxylic acids is 2. The molecule has 58 heavy (non-hydrogen) atoms. The summed E-state index contributed by atoms with van der Waals surface area (Å²) in [7, 11) is 1.73. The van der Waals surface area contributed by atoms with Gasteiger partial charge in [-0.1, -0.05) is 39.8 Å². The Morgan fingerprint density at radius 3 is 2.33 bits per heavy atom. The Bertz CT molecular complexity index is 2190. The standard InChI is InChI=1S/C43H57N13O2/c1-28(57)54-13-12-36-35(25-54)38(49-32-9-7-29(8-10-32)30(20-44)21-45-6)51-56(36)33-11-14-55-34(19-33)24-46-37(55)26-52-15-17-53(18-16-52)41-47-22-31(23-48-41)39(58)50-40-42(2,3)27-43(40,4)5/h7-10,20-24,33,40H,11-19,25-27,44H2,1-6H3,(H,49,51)(H,50,58)/b30-20+,45-21?. The van der Waals surface area contributed by atoms with Crippen molar-refractivity contribution in [1.82, 2.24) is 44.4 Å². The number of imidazole rings is 1. The van der Waals surface area contributed by atoms with Crippen molar-refractivity contribution in [3.8, 4) is 0 Å². The summed E-state index contributed by atoms with van der Waals surface area (Å²) in [5.74, 6) is 2.51. The number of allylic oxidation sites excluding steroid dienone is 1. The number of rotatable bonds is 10. The molecule has 1 saturated heterocycles. The van der Waals surface area contributed by atoms with Crippen LogP contribution in [0.25, 0.3) is 5.57 Å². The average molecular weight is 788 g/mol. The zero-order valence-corrected chi connectivity index (χ0v) is 34.7. The Morgan fingerprint density at radius 2 is 1.67 bits per heavy atom. The van der Waals surface area contributed by atoms with E-state index < -0.39 is 0 Å². The molecule has 15 heteroatoms. The molecule has 3 aromatic heterocycles. The van der Waals surface area contributed by atoms with E-state index in [9.17, 15) is 9.59 Å². The summed E-state index contributed by atoms with van der Waals surface area (Å²) in [5.41, 5.74) is 12.7. The van der Waals surface area contributed by atoms with E-state index in [1.165, 1.54) is 11.4 Å². The summed E-state index contributed by atoms with van der Waals surface area (Å²) in [6.45, 7) is 16.7. The molecule has 1 aliphatic carbocycles. The van der Waals surface area contributed by atoms with Crippen molar-refractivity contribution in [3.05, 3.63) is 83.0 Å². The van der Waals surface area contributed by atoms with Gasteiger partial charge in [-0.3, -0.25) is 24.2 Å². The van der Waals surface area contributed by atoms with Crippen LogP contribution in [0.15, 0.2) is 54.0 Å². The number of nitrogens with zero attached hydrogens (tertiary/aromatic N) is 10. The summed E-state index contributed by atoms with van der Waals surface area (Å²) in [4.78, 5) is 50.3. The zero-order chi connectivity index (χ0) is 40.8. The Balaban J connectivity index is 0.893. The highest BCUT2D eigenvalue weighted by Gasteiger charge is 2.53. The van der Waals surface area contributed by atoms with Crippen LogP contribution in [0.2, 0.25) is 0 Å². The Morgan fingerprint density at radius 1 is 0.948 bits per heavy atom. The molecule has 2 fully saturated rings. The predicted molar refractivity (Wildman–Crippen MR) is 226 cm³/mol. The van der Waals surface area contributed by atoms with Crippen LogP contribution in [-0.2, 0) is 37.3 Å². The van der Waals surface area contributed by atoms with Crippen LogP contribution in [-0.4, -0.2) is 103 Å². The van der Waals surface area contributed by atoms with Crippen LogP contribution in [0.3, 0.4) is 0 Å². The van der Waals surface area contributed by atoms with Gasteiger partial charge in [0, 0.05) is 131 Å². The van der Waals surface area contributed by atoms with Crippen molar-refractivity contribution >= 4 is 41.1 Å². The molecule has 4 N–H and O–H groups in total. The summed E-state index contributed by atoms with van der Waals surface area (Å²) in [6, 6.07) is 8.37. The topological polar surface area (TPSA) is 168 Å². The highest BCUT2D eigenvalue weighted by molar-refractivity contribution is 6.09. The normalized spacial score (nSPS) is 20.7. The Kier molecular flexibility index (Phi) is 10.6. The second kappa shape index (κ2) is 15.6. The van der Waals surface area contributed by atoms with Gasteiger partial charge in [0.05, 0.1) is 24.7 Å². The lowest BCUT2D eigenvalue weighted by atomic mass is 9.52. The molecule has 0 spiro atoms. The molecule has 6 heterocycles. The van der Waals surface area contributed by atoms with E-state index in [1.807, 2.05) is 35.4 Å². The van der Waals surface area contributed by atoms with E-state index >= 15 is 0 Å². The number of fused-ring (bicyclic) bond motifs is 2. The summed E-state index contributed by atoms with van der Waals surface area (Å²) in [6.07, 6.45) is 12.3. The molecular formula is C43H57N13O2. The van der Waals surface area contributed by atoms with E-state index in [4.69, 9.17) is 15.8 Å². The second-order valence-corrected chi connectivity index (χ2v) is 17.7. The van der Waals surface area contributed by atoms with Crippen LogP contribution in [0.5, 0.6) is 0 Å². The van der Waals surface area contributed by atoms with E-state index in [0.29, 0.717) is 24.6 Å². The number of hydrogen-bond donors (Lipinski definition) is 3. The molecule has 1 saturated carbocycles. The first-order chi connectivity index (χ1) is 27.8. The molecule has 4 aliphatic rings. The number of amides is 2. The zero-order valence-electron chi connectivity index (χ0n) is 34.7. The molecule has 2 amide bonds. The quantitative estimate of drug-likeness (QED) is 0.194. The van der Waals surface area contributed by atoms with Crippen LogP contribution < -0.4 is 21.3 Å². The fourth-order valence-corrected chi connectivity index (χ4v) is 10.0. The first-order valence-electron chi connectivity index (χ1n) is 20.5. The number of carbonyl (C=O) groups is 2. The van der Waals surface area contributed by atoms with Crippen LogP contribution in [0.4, 0.5) is 17.5 Å². The van der Waals surface area contributed by atoms with Crippen molar-refractivity contribution in [1.29, 1.82) is 0 Å². The minimum absolute atomic E-state index is 0.0728. The van der Waals surface area contributed by atoms with Gasteiger partial charge in [-0.05, 0) is 41.4 Å². The highest BCUT2D eigenvalue weighted by atomic mass is 16.2. The molecule has 8 rings (SSSR count). The van der Waals surface area contributed by atoms with Gasteiger partial charge in [0.1, 0.15) is 5.82 Å². The first kappa shape index (κ1) is 39.3. The fourth-order valence-electron chi connectivity index (χ4n) is 10.0. The maximum absolute atomic E-state index is 13.1. The maximum atomic E-state index is 13.1. The molecular weight excluding hydrogens is 731 g/mol. The Hall–Kier alpha value is -5.57. The van der Waals surface area contributed by atoms with E-state index in [2.05, 4.69) is 72.3 Å². The molecule has 1 unspecified atom stereocenters. The van der Waals surface area contributed by atoms with Crippen molar-refractivity contribution < 1.29 is 9.59 Å². The third-order valence-corrected chi connectivity index (χ3v) is 12.6. The van der Waals surface area contributed by atoms with Gasteiger partial charge in [-0.2, -0.15) is 5.10 Å². The third-order valence-electron chi connectivity index (χ3n) is 12.6. The molecule has 4 aromatic rings. The molecule has 0 radical (unpaired) electrons. The monoisotopic (exact) mass is 787 g/mol. The molecule has 1 aromatic carbocycles. The van der Waals surface area contributed by atoms with Crippen molar-refractivity contribution in [3.63, 3.8) is 0 Å². The summed E-state index contributed by atoms with van der Waals surface area (Å²) < 4.78 is 4.62. The fraction of sp³-hybridized carbons (Fsp3) is 0.512. The lowest BCUT2D eigenvalue weighted by Crippen LogP contribution is -2.63. The molecule has 0 bridgehead atoms. The van der Waals surface area contributed by atoms with Crippen molar-refractivity contribution in [2.75, 3.05) is 50.0 Å². The SMILES string of the molecule is CN=C/C(=C\N)c1ccc(Nc2nn(C3CCn4c(cnc4CN4CCN(c5ncc(C(=O)NC6C(C)(C)CC6(C)C)cn5)CC4)C3)c3c2CN(C(C)=O)CC3)cc1. The number of aromatic nitrogens is 6. The number of nitrogens with two attached hydrogens (primary N) is 1. The van der Waals surface area contributed by atoms with E-state index in [0.717, 1.165) is 99.0 Å². The second-order valence-electron chi connectivity index (χ2n) is 17.7. The number of nitrogens with one attached hydrogen (secondary N) is 2. The lowest BCUT2D eigenvalue weighted by molar-refractivity contribution is -0.129. The smallest absolute Gasteiger partial charge is 0.254 e. The molecule has 1 atom stereocenters. The van der Waals surface area contributed by atoms with Gasteiger partial charge in [-0.15, -0.1) is 0 Å². The minimum Gasteiger partial charge on any atom is -0.404 e. The average Bonchev–Trinajstić information content (AvgIpc) is 3.79. The number of aliphatic imine (C=N–C) groups is 1. The van der Waals surface area contributed by atoms with Crippen LogP contribution in [0, 0.1) is 10.8 Å². The van der Waals surface area contributed by atoms with Crippen molar-refractivity contribution in [2.24, 2.45) is 21.6 Å². The number of hydrogen-bond acceptors (Lipinski definition) is 11. The number of piperazine rings is 1. The highest BCUT2D eigenvalue weighted by Crippen LogP contribution is 2.53. The molecule has 3 aliphatic heterocycles. The summed E-state index contributed by atoms with van der Waals surface area (Å²) in [5, 5.41) is 12.0. The van der Waals surface area contributed by atoms with Gasteiger partial charge in [-0.25, -0.2) is 15.0 Å². The molecule has 306 valence electrons. The molecule has 15 nitrogen and oxygen atoms in total. The van der Waals surface area contributed by atoms with Crippen LogP contribution >= 0.6 is 0 Å².